The van der Waals surface area contributed by atoms with Gasteiger partial charge in [0.15, 0.2) is 5.78 Å². The summed E-state index contributed by atoms with van der Waals surface area (Å²) in [5.74, 6) is 0.723. The topological polar surface area (TPSA) is 44.1 Å². The SMILES string of the molecule is COc1ccc2c(C(=O)C(C)(C)Br)nn(C)c2c1. The standard InChI is InChI=1S/C13H15BrN2O2/c1-13(2,14)12(17)11-9-6-5-8(18-4)7-10(9)16(3)15-11/h5-7H,1-4H3. The fourth-order valence-corrected chi connectivity index (χ4v) is 2.00. The van der Waals surface area contributed by atoms with E-state index in [0.29, 0.717) is 5.69 Å². The van der Waals surface area contributed by atoms with Crippen molar-refractivity contribution in [3.05, 3.63) is 23.9 Å². The third-order valence-electron chi connectivity index (χ3n) is 2.81. The second-order valence-electron chi connectivity index (χ2n) is 4.66. The van der Waals surface area contributed by atoms with E-state index in [2.05, 4.69) is 21.0 Å². The Kier molecular flexibility index (Phi) is 3.19. The number of nitrogens with zero attached hydrogens (tertiary/aromatic N) is 2. The van der Waals surface area contributed by atoms with E-state index in [1.54, 1.807) is 11.8 Å². The first-order valence-corrected chi connectivity index (χ1v) is 6.38. The molecule has 2 rings (SSSR count). The molecule has 0 bridgehead atoms. The number of Topliss-reactive ketones (excluding diaryl/α,β-unsaturated/α-hetero) is 1. The van der Waals surface area contributed by atoms with E-state index in [0.717, 1.165) is 16.7 Å². The molecule has 1 aromatic carbocycles. The van der Waals surface area contributed by atoms with Gasteiger partial charge in [0.1, 0.15) is 11.4 Å². The lowest BCUT2D eigenvalue weighted by Crippen LogP contribution is -2.24. The summed E-state index contributed by atoms with van der Waals surface area (Å²) < 4.78 is 6.26. The van der Waals surface area contributed by atoms with Gasteiger partial charge in [-0.1, -0.05) is 15.9 Å². The van der Waals surface area contributed by atoms with Crippen LogP contribution in [0.1, 0.15) is 24.3 Å². The van der Waals surface area contributed by atoms with Crippen molar-refractivity contribution < 1.29 is 9.53 Å². The van der Waals surface area contributed by atoms with Gasteiger partial charge in [-0.25, -0.2) is 0 Å². The van der Waals surface area contributed by atoms with Crippen LogP contribution < -0.4 is 4.74 Å². The first kappa shape index (κ1) is 13.1. The maximum absolute atomic E-state index is 12.3. The molecule has 0 unspecified atom stereocenters. The highest BCUT2D eigenvalue weighted by Gasteiger charge is 2.29. The lowest BCUT2D eigenvalue weighted by Gasteiger charge is -2.12. The van der Waals surface area contributed by atoms with Gasteiger partial charge in [0.2, 0.25) is 0 Å². The minimum atomic E-state index is -0.617. The Morgan fingerprint density at radius 2 is 2.11 bits per heavy atom. The number of methoxy groups -OCH3 is 1. The normalized spacial score (nSPS) is 11.8. The first-order chi connectivity index (χ1) is 8.34. The number of ketones is 1. The number of ether oxygens (including phenoxy) is 1. The molecule has 0 aliphatic heterocycles. The maximum Gasteiger partial charge on any atom is 0.199 e. The fraction of sp³-hybridized carbons (Fsp3) is 0.385. The summed E-state index contributed by atoms with van der Waals surface area (Å²) >= 11 is 3.38. The monoisotopic (exact) mass is 310 g/mol. The minimum Gasteiger partial charge on any atom is -0.497 e. The third-order valence-corrected chi connectivity index (χ3v) is 3.17. The highest BCUT2D eigenvalue weighted by atomic mass is 79.9. The molecule has 1 heterocycles. The predicted octanol–water partition coefficient (Wildman–Crippen LogP) is 2.94. The summed E-state index contributed by atoms with van der Waals surface area (Å²) in [6, 6.07) is 5.58. The largest absolute Gasteiger partial charge is 0.497 e. The molecule has 1 aromatic heterocycles. The molecule has 0 saturated carbocycles. The molecule has 4 nitrogen and oxygen atoms in total. The maximum atomic E-state index is 12.3. The van der Waals surface area contributed by atoms with Gasteiger partial charge in [0.05, 0.1) is 17.0 Å². The van der Waals surface area contributed by atoms with E-state index in [4.69, 9.17) is 4.74 Å². The number of carbonyl (C=O) groups excluding carboxylic acids is 1. The number of rotatable bonds is 3. The van der Waals surface area contributed by atoms with Crippen LogP contribution in [-0.2, 0) is 7.05 Å². The number of carbonyl (C=O) groups is 1. The van der Waals surface area contributed by atoms with Gasteiger partial charge in [-0.05, 0) is 26.0 Å². The molecule has 0 spiro atoms. The molecule has 0 aliphatic rings. The first-order valence-electron chi connectivity index (χ1n) is 5.59. The minimum absolute atomic E-state index is 0.0294. The number of hydrogen-bond donors (Lipinski definition) is 0. The van der Waals surface area contributed by atoms with Crippen molar-refractivity contribution in [1.82, 2.24) is 9.78 Å². The van der Waals surface area contributed by atoms with Crippen molar-refractivity contribution >= 4 is 32.6 Å². The van der Waals surface area contributed by atoms with Crippen LogP contribution in [0.2, 0.25) is 0 Å². The Hall–Kier alpha value is -1.36. The molecule has 96 valence electrons. The summed E-state index contributed by atoms with van der Waals surface area (Å²) in [5, 5.41) is 5.16. The number of hydrogen-bond acceptors (Lipinski definition) is 3. The molecule has 0 saturated heterocycles. The van der Waals surface area contributed by atoms with Gasteiger partial charge < -0.3 is 4.74 Å². The van der Waals surface area contributed by atoms with E-state index in [-0.39, 0.29) is 5.78 Å². The molecule has 18 heavy (non-hydrogen) atoms. The van der Waals surface area contributed by atoms with Gasteiger partial charge in [-0.2, -0.15) is 5.10 Å². The zero-order valence-electron chi connectivity index (χ0n) is 10.8. The number of aryl methyl sites for hydroxylation is 1. The van der Waals surface area contributed by atoms with E-state index < -0.39 is 4.32 Å². The number of aromatic nitrogens is 2. The van der Waals surface area contributed by atoms with E-state index in [1.807, 2.05) is 39.1 Å². The van der Waals surface area contributed by atoms with E-state index >= 15 is 0 Å². The van der Waals surface area contributed by atoms with Crippen molar-refractivity contribution in [2.24, 2.45) is 7.05 Å². The van der Waals surface area contributed by atoms with Gasteiger partial charge in [-0.3, -0.25) is 9.48 Å². The van der Waals surface area contributed by atoms with Crippen LogP contribution in [0.25, 0.3) is 10.9 Å². The Balaban J connectivity index is 2.64. The average Bonchev–Trinajstić information content (AvgIpc) is 2.64. The summed E-state index contributed by atoms with van der Waals surface area (Å²) in [4.78, 5) is 12.3. The van der Waals surface area contributed by atoms with Gasteiger partial charge in [0, 0.05) is 18.5 Å². The smallest absolute Gasteiger partial charge is 0.199 e. The average molecular weight is 311 g/mol. The summed E-state index contributed by atoms with van der Waals surface area (Å²) in [6.07, 6.45) is 0. The van der Waals surface area contributed by atoms with Crippen molar-refractivity contribution in [1.29, 1.82) is 0 Å². The second kappa shape index (κ2) is 4.39. The Morgan fingerprint density at radius 1 is 1.44 bits per heavy atom. The van der Waals surface area contributed by atoms with Gasteiger partial charge >= 0.3 is 0 Å². The van der Waals surface area contributed by atoms with Crippen molar-refractivity contribution in [3.8, 4) is 5.75 Å². The number of benzene rings is 1. The van der Waals surface area contributed by atoms with Crippen LogP contribution in [0.5, 0.6) is 5.75 Å². The van der Waals surface area contributed by atoms with Crippen LogP contribution in [0.3, 0.4) is 0 Å². The van der Waals surface area contributed by atoms with E-state index in [1.165, 1.54) is 0 Å². The summed E-state index contributed by atoms with van der Waals surface area (Å²) in [7, 11) is 3.44. The quantitative estimate of drug-likeness (QED) is 0.646. The van der Waals surface area contributed by atoms with Crippen molar-refractivity contribution in [2.45, 2.75) is 18.2 Å². The molecule has 0 fully saturated rings. The Labute approximate surface area is 114 Å². The molecular formula is C13H15BrN2O2. The molecule has 0 atom stereocenters. The van der Waals surface area contributed by atoms with Crippen LogP contribution in [0, 0.1) is 0 Å². The number of alkyl halides is 1. The Bertz CT molecular complexity index is 611. The molecule has 0 amide bonds. The predicted molar refractivity (Wildman–Crippen MR) is 74.6 cm³/mol. The van der Waals surface area contributed by atoms with Crippen LogP contribution in [-0.4, -0.2) is 27.0 Å². The third kappa shape index (κ3) is 2.14. The molecule has 0 aliphatic carbocycles. The van der Waals surface area contributed by atoms with Crippen LogP contribution in [0.15, 0.2) is 18.2 Å². The van der Waals surface area contributed by atoms with Gasteiger partial charge in [0.25, 0.3) is 0 Å². The van der Waals surface area contributed by atoms with Crippen LogP contribution in [0.4, 0.5) is 0 Å². The Morgan fingerprint density at radius 3 is 2.67 bits per heavy atom. The molecular weight excluding hydrogens is 296 g/mol. The van der Waals surface area contributed by atoms with Gasteiger partial charge in [-0.15, -0.1) is 0 Å². The summed E-state index contributed by atoms with van der Waals surface area (Å²) in [6.45, 7) is 3.64. The molecule has 5 heteroatoms. The van der Waals surface area contributed by atoms with Crippen LogP contribution >= 0.6 is 15.9 Å². The number of halogens is 1. The number of fused-ring (bicyclic) bond motifs is 1. The lowest BCUT2D eigenvalue weighted by atomic mass is 10.0. The van der Waals surface area contributed by atoms with Crippen molar-refractivity contribution in [2.75, 3.05) is 7.11 Å². The molecule has 0 radical (unpaired) electrons. The molecule has 0 N–H and O–H groups in total. The zero-order chi connectivity index (χ0) is 13.5. The highest BCUT2D eigenvalue weighted by Crippen LogP contribution is 2.28. The second-order valence-corrected chi connectivity index (χ2v) is 6.64. The zero-order valence-corrected chi connectivity index (χ0v) is 12.4. The van der Waals surface area contributed by atoms with Crippen molar-refractivity contribution in [3.63, 3.8) is 0 Å². The fourth-order valence-electron chi connectivity index (χ4n) is 1.81. The van der Waals surface area contributed by atoms with E-state index in [9.17, 15) is 4.79 Å². The lowest BCUT2D eigenvalue weighted by molar-refractivity contribution is 0.0957. The molecule has 2 aromatic rings. The summed E-state index contributed by atoms with van der Waals surface area (Å²) in [5.41, 5.74) is 1.37. The highest BCUT2D eigenvalue weighted by molar-refractivity contribution is 9.10.